The Morgan fingerprint density at radius 3 is 2.37 bits per heavy atom. The normalized spacial score (nSPS) is 17.0. The molecule has 0 saturated carbocycles. The van der Waals surface area contributed by atoms with Crippen molar-refractivity contribution in [1.29, 1.82) is 0 Å². The Morgan fingerprint density at radius 1 is 1.07 bits per heavy atom. The minimum absolute atomic E-state index is 0.0254. The van der Waals surface area contributed by atoms with Crippen LogP contribution in [-0.2, 0) is 4.79 Å². The van der Waals surface area contributed by atoms with Crippen LogP contribution in [-0.4, -0.2) is 49.4 Å². The van der Waals surface area contributed by atoms with Gasteiger partial charge >= 0.3 is 0 Å². The molecule has 1 N–H and O–H groups in total. The number of hydrogen-bond donors (Lipinski definition) is 1. The van der Waals surface area contributed by atoms with Gasteiger partial charge in [0.05, 0.1) is 6.04 Å². The quantitative estimate of drug-likeness (QED) is 0.785. The number of halogens is 1. The molecule has 0 aromatic heterocycles. The zero-order valence-electron chi connectivity index (χ0n) is 16.1. The SMILES string of the molecule is CN(C)C(C(=O)NCC(c1cccc(Cl)c1)N1CCCC1)c1ccccc1. The minimum atomic E-state index is -0.301. The summed E-state index contributed by atoms with van der Waals surface area (Å²) < 4.78 is 0. The molecule has 4 nitrogen and oxygen atoms in total. The molecule has 1 aliphatic heterocycles. The molecular weight excluding hydrogens is 358 g/mol. The van der Waals surface area contributed by atoms with Crippen LogP contribution in [0, 0.1) is 0 Å². The summed E-state index contributed by atoms with van der Waals surface area (Å²) in [5.41, 5.74) is 2.16. The van der Waals surface area contributed by atoms with E-state index in [1.807, 2.05) is 67.5 Å². The molecule has 2 aromatic carbocycles. The maximum atomic E-state index is 13.0. The van der Waals surface area contributed by atoms with Crippen molar-refractivity contribution in [3.05, 3.63) is 70.7 Å². The number of nitrogens with zero attached hydrogens (tertiary/aromatic N) is 2. The zero-order chi connectivity index (χ0) is 19.2. The molecule has 0 radical (unpaired) electrons. The molecule has 1 fully saturated rings. The van der Waals surface area contributed by atoms with Crippen LogP contribution >= 0.6 is 11.6 Å². The zero-order valence-corrected chi connectivity index (χ0v) is 16.8. The van der Waals surface area contributed by atoms with Gasteiger partial charge in [0.15, 0.2) is 0 Å². The van der Waals surface area contributed by atoms with Gasteiger partial charge < -0.3 is 5.32 Å². The van der Waals surface area contributed by atoms with Crippen molar-refractivity contribution in [2.75, 3.05) is 33.7 Å². The van der Waals surface area contributed by atoms with E-state index in [1.165, 1.54) is 12.8 Å². The number of nitrogens with one attached hydrogen (secondary N) is 1. The predicted octanol–water partition coefficient (Wildman–Crippen LogP) is 3.90. The van der Waals surface area contributed by atoms with Crippen LogP contribution in [0.5, 0.6) is 0 Å². The van der Waals surface area contributed by atoms with Crippen LogP contribution in [0.3, 0.4) is 0 Å². The number of carbonyl (C=O) groups excluding carboxylic acids is 1. The Kier molecular flexibility index (Phi) is 6.89. The Morgan fingerprint density at radius 2 is 1.74 bits per heavy atom. The monoisotopic (exact) mass is 385 g/mol. The summed E-state index contributed by atoms with van der Waals surface area (Å²) in [4.78, 5) is 17.4. The van der Waals surface area contributed by atoms with Gasteiger partial charge in [-0.1, -0.05) is 54.1 Å². The third-order valence-corrected chi connectivity index (χ3v) is 5.40. The first-order chi connectivity index (χ1) is 13.1. The first-order valence-corrected chi connectivity index (χ1v) is 9.92. The number of likely N-dealkylation sites (N-methyl/N-ethyl adjacent to an activating group) is 1. The van der Waals surface area contributed by atoms with Gasteiger partial charge in [-0.25, -0.2) is 0 Å². The third-order valence-electron chi connectivity index (χ3n) is 5.16. The Bertz CT molecular complexity index is 744. The molecule has 1 aliphatic rings. The molecule has 5 heteroatoms. The van der Waals surface area contributed by atoms with Crippen LogP contribution in [0.15, 0.2) is 54.6 Å². The fourth-order valence-electron chi connectivity index (χ4n) is 3.84. The van der Waals surface area contributed by atoms with E-state index in [-0.39, 0.29) is 18.0 Å². The van der Waals surface area contributed by atoms with Crippen molar-refractivity contribution in [2.45, 2.75) is 24.9 Å². The van der Waals surface area contributed by atoms with Gasteiger partial charge in [-0.15, -0.1) is 0 Å². The summed E-state index contributed by atoms with van der Waals surface area (Å²) in [7, 11) is 3.87. The summed E-state index contributed by atoms with van der Waals surface area (Å²) in [6.45, 7) is 2.70. The van der Waals surface area contributed by atoms with Crippen LogP contribution in [0.4, 0.5) is 0 Å². The van der Waals surface area contributed by atoms with Crippen molar-refractivity contribution in [2.24, 2.45) is 0 Å². The van der Waals surface area contributed by atoms with E-state index >= 15 is 0 Å². The molecule has 1 amide bonds. The molecule has 0 spiro atoms. The van der Waals surface area contributed by atoms with Crippen LogP contribution < -0.4 is 5.32 Å². The molecular formula is C22H28ClN3O. The molecule has 1 heterocycles. The molecule has 0 bridgehead atoms. The number of likely N-dealkylation sites (tertiary alicyclic amines) is 1. The van der Waals surface area contributed by atoms with Crippen LogP contribution in [0.1, 0.15) is 36.1 Å². The lowest BCUT2D eigenvalue weighted by atomic mass is 10.0. The highest BCUT2D eigenvalue weighted by molar-refractivity contribution is 6.30. The summed E-state index contributed by atoms with van der Waals surface area (Å²) in [5.74, 6) is 0.0254. The van der Waals surface area contributed by atoms with Crippen LogP contribution in [0.25, 0.3) is 0 Å². The van der Waals surface area contributed by atoms with E-state index in [2.05, 4.69) is 16.3 Å². The van der Waals surface area contributed by atoms with E-state index < -0.39 is 0 Å². The second-order valence-corrected chi connectivity index (χ2v) is 7.77. The number of rotatable bonds is 7. The smallest absolute Gasteiger partial charge is 0.242 e. The van der Waals surface area contributed by atoms with Crippen molar-refractivity contribution < 1.29 is 4.79 Å². The van der Waals surface area contributed by atoms with Gasteiger partial charge in [0, 0.05) is 11.6 Å². The second kappa shape index (κ2) is 9.36. The van der Waals surface area contributed by atoms with E-state index in [1.54, 1.807) is 0 Å². The van der Waals surface area contributed by atoms with Gasteiger partial charge in [-0.05, 0) is 63.3 Å². The predicted molar refractivity (Wildman–Crippen MR) is 111 cm³/mol. The average molecular weight is 386 g/mol. The number of amides is 1. The fraction of sp³-hybridized carbons (Fsp3) is 0.409. The molecule has 3 rings (SSSR count). The van der Waals surface area contributed by atoms with Crippen molar-refractivity contribution in [3.63, 3.8) is 0 Å². The Hall–Kier alpha value is -1.88. The lowest BCUT2D eigenvalue weighted by Gasteiger charge is -2.30. The largest absolute Gasteiger partial charge is 0.353 e. The molecule has 2 atom stereocenters. The van der Waals surface area contributed by atoms with E-state index in [4.69, 9.17) is 11.6 Å². The maximum absolute atomic E-state index is 13.0. The molecule has 0 aliphatic carbocycles. The third kappa shape index (κ3) is 5.10. The van der Waals surface area contributed by atoms with E-state index in [0.29, 0.717) is 6.54 Å². The Balaban J connectivity index is 1.75. The van der Waals surface area contributed by atoms with Gasteiger partial charge in [-0.3, -0.25) is 14.6 Å². The lowest BCUT2D eigenvalue weighted by molar-refractivity contribution is -0.126. The highest BCUT2D eigenvalue weighted by atomic mass is 35.5. The summed E-state index contributed by atoms with van der Waals surface area (Å²) >= 11 is 6.22. The molecule has 27 heavy (non-hydrogen) atoms. The minimum Gasteiger partial charge on any atom is -0.353 e. The van der Waals surface area contributed by atoms with Gasteiger partial charge in [0.25, 0.3) is 0 Å². The summed E-state index contributed by atoms with van der Waals surface area (Å²) in [5, 5.41) is 3.93. The van der Waals surface area contributed by atoms with Gasteiger partial charge in [0.2, 0.25) is 5.91 Å². The molecule has 2 unspecified atom stereocenters. The lowest BCUT2D eigenvalue weighted by Crippen LogP contribution is -2.41. The molecule has 2 aromatic rings. The first-order valence-electron chi connectivity index (χ1n) is 9.55. The van der Waals surface area contributed by atoms with Gasteiger partial charge in [0.1, 0.15) is 6.04 Å². The standard InChI is InChI=1S/C22H28ClN3O/c1-25(2)21(17-9-4-3-5-10-17)22(27)24-16-20(26-13-6-7-14-26)18-11-8-12-19(23)15-18/h3-5,8-12,15,20-21H,6-7,13-14,16H2,1-2H3,(H,24,27). The number of hydrogen-bond acceptors (Lipinski definition) is 3. The molecule has 144 valence electrons. The number of benzene rings is 2. The highest BCUT2D eigenvalue weighted by Gasteiger charge is 2.27. The fourth-order valence-corrected chi connectivity index (χ4v) is 4.04. The number of carbonyl (C=O) groups is 1. The second-order valence-electron chi connectivity index (χ2n) is 7.34. The van der Waals surface area contributed by atoms with Crippen molar-refractivity contribution >= 4 is 17.5 Å². The van der Waals surface area contributed by atoms with E-state index in [9.17, 15) is 4.79 Å². The maximum Gasteiger partial charge on any atom is 0.242 e. The summed E-state index contributed by atoms with van der Waals surface area (Å²) in [6, 6.07) is 17.7. The average Bonchev–Trinajstić information content (AvgIpc) is 3.17. The van der Waals surface area contributed by atoms with Gasteiger partial charge in [-0.2, -0.15) is 0 Å². The topological polar surface area (TPSA) is 35.6 Å². The van der Waals surface area contributed by atoms with Crippen molar-refractivity contribution in [3.8, 4) is 0 Å². The first kappa shape index (κ1) is 19.9. The van der Waals surface area contributed by atoms with Crippen molar-refractivity contribution in [1.82, 2.24) is 15.1 Å². The summed E-state index contributed by atoms with van der Waals surface area (Å²) in [6.07, 6.45) is 2.41. The molecule has 1 saturated heterocycles. The van der Waals surface area contributed by atoms with Crippen LogP contribution in [0.2, 0.25) is 5.02 Å². The highest BCUT2D eigenvalue weighted by Crippen LogP contribution is 2.27. The van der Waals surface area contributed by atoms with E-state index in [0.717, 1.165) is 29.2 Å². The Labute approximate surface area is 167 Å².